The molecule has 1 saturated carbocycles. The zero-order valence-electron chi connectivity index (χ0n) is 16.9. The van der Waals surface area contributed by atoms with Gasteiger partial charge >= 0.3 is 0 Å². The van der Waals surface area contributed by atoms with Crippen molar-refractivity contribution < 1.29 is 9.53 Å². The summed E-state index contributed by atoms with van der Waals surface area (Å²) in [6, 6.07) is 8.60. The molecule has 0 spiro atoms. The number of pyridine rings is 1. The van der Waals surface area contributed by atoms with Gasteiger partial charge in [-0.05, 0) is 47.6 Å². The molecule has 6 nitrogen and oxygen atoms in total. The first-order valence-corrected chi connectivity index (χ1v) is 10.1. The third-order valence-electron chi connectivity index (χ3n) is 6.01. The molecule has 0 aliphatic heterocycles. The molecule has 0 bridgehead atoms. The number of nitrogens with one attached hydrogen (secondary N) is 1. The lowest BCUT2D eigenvalue weighted by Gasteiger charge is -2.12. The number of carbonyl (C=O) groups excluding carboxylic acids is 1. The Kier molecular flexibility index (Phi) is 4.15. The number of hydrogen-bond donors (Lipinski definition) is 1. The van der Waals surface area contributed by atoms with Gasteiger partial charge in [-0.25, -0.2) is 9.50 Å². The lowest BCUT2D eigenvalue weighted by Crippen LogP contribution is -1.97. The number of benzene rings is 1. The number of methoxy groups -OCH3 is 1. The summed E-state index contributed by atoms with van der Waals surface area (Å²) in [6.07, 6.45) is 5.85. The highest BCUT2D eigenvalue weighted by atomic mass is 16.5. The van der Waals surface area contributed by atoms with E-state index in [0.29, 0.717) is 41.9 Å². The molecule has 6 heteroatoms. The summed E-state index contributed by atoms with van der Waals surface area (Å²) in [5.41, 5.74) is 6.43. The maximum Gasteiger partial charge on any atom is 0.197 e. The Balaban J connectivity index is 1.70. The highest BCUT2D eigenvalue weighted by molar-refractivity contribution is 5.92. The predicted octanol–water partition coefficient (Wildman–Crippen LogP) is 4.85. The fourth-order valence-electron chi connectivity index (χ4n) is 4.59. The molecule has 29 heavy (non-hydrogen) atoms. The van der Waals surface area contributed by atoms with Crippen molar-refractivity contribution in [1.82, 2.24) is 19.6 Å². The maximum absolute atomic E-state index is 11.8. The third kappa shape index (κ3) is 2.90. The molecular weight excluding hydrogens is 364 g/mol. The molecule has 3 aromatic heterocycles. The van der Waals surface area contributed by atoms with Crippen LogP contribution in [0.15, 0.2) is 36.8 Å². The van der Waals surface area contributed by atoms with Crippen molar-refractivity contribution in [3.05, 3.63) is 47.9 Å². The fourth-order valence-corrected chi connectivity index (χ4v) is 4.59. The number of rotatable bonds is 4. The average Bonchev–Trinajstić information content (AvgIpc) is 3.43. The number of ether oxygens (including phenoxy) is 1. The average molecular weight is 388 g/mol. The number of ketones is 1. The van der Waals surface area contributed by atoms with Crippen molar-refractivity contribution in [1.29, 1.82) is 0 Å². The smallest absolute Gasteiger partial charge is 0.197 e. The van der Waals surface area contributed by atoms with Crippen LogP contribution < -0.4 is 4.74 Å². The van der Waals surface area contributed by atoms with Crippen LogP contribution in [0.4, 0.5) is 0 Å². The SMILES string of the molecule is COc1cc(-c2[nH]c3ccc(C4CCC(=O)C4)cc3c2C(C)C)cn2ncnc12. The van der Waals surface area contributed by atoms with E-state index in [0.717, 1.165) is 23.2 Å². The molecule has 0 amide bonds. The number of aromatic nitrogens is 4. The van der Waals surface area contributed by atoms with Gasteiger partial charge in [-0.15, -0.1) is 0 Å². The molecule has 1 aromatic carbocycles. The molecule has 148 valence electrons. The molecule has 3 heterocycles. The molecule has 4 aromatic rings. The van der Waals surface area contributed by atoms with E-state index >= 15 is 0 Å². The molecule has 1 N–H and O–H groups in total. The second-order valence-electron chi connectivity index (χ2n) is 8.18. The Labute approximate surface area is 168 Å². The van der Waals surface area contributed by atoms with Gasteiger partial charge in [0.25, 0.3) is 0 Å². The molecular formula is C23H24N4O2. The van der Waals surface area contributed by atoms with Crippen LogP contribution in [0.25, 0.3) is 27.8 Å². The summed E-state index contributed by atoms with van der Waals surface area (Å²) in [5, 5.41) is 5.52. The summed E-state index contributed by atoms with van der Waals surface area (Å²) in [7, 11) is 1.65. The summed E-state index contributed by atoms with van der Waals surface area (Å²) in [6.45, 7) is 4.42. The Hall–Kier alpha value is -3.15. The summed E-state index contributed by atoms with van der Waals surface area (Å²) >= 11 is 0. The van der Waals surface area contributed by atoms with Crippen molar-refractivity contribution in [2.75, 3.05) is 7.11 Å². The minimum atomic E-state index is 0.330. The standard InChI is InChI=1S/C23H24N4O2/c1-13(2)21-18-9-15(14-4-6-17(28)8-14)5-7-19(18)26-22(21)16-10-20(29-3)23-24-12-25-27(23)11-16/h5,7,9-14,26H,4,6,8H2,1-3H3. The topological polar surface area (TPSA) is 72.3 Å². The Morgan fingerprint density at radius 1 is 1.28 bits per heavy atom. The van der Waals surface area contributed by atoms with E-state index in [1.54, 1.807) is 11.6 Å². The number of aromatic amines is 1. The van der Waals surface area contributed by atoms with Gasteiger partial charge in [-0.1, -0.05) is 19.9 Å². The van der Waals surface area contributed by atoms with Gasteiger partial charge < -0.3 is 9.72 Å². The number of nitrogens with zero attached hydrogens (tertiary/aromatic N) is 3. The molecule has 1 atom stereocenters. The first-order chi connectivity index (χ1) is 14.0. The number of carbonyl (C=O) groups is 1. The molecule has 1 aliphatic rings. The number of H-pyrrole nitrogens is 1. The molecule has 1 fully saturated rings. The van der Waals surface area contributed by atoms with Crippen LogP contribution in [0.3, 0.4) is 0 Å². The van der Waals surface area contributed by atoms with Gasteiger partial charge in [-0.2, -0.15) is 5.10 Å². The van der Waals surface area contributed by atoms with Gasteiger partial charge in [-0.3, -0.25) is 4.79 Å². The van der Waals surface area contributed by atoms with E-state index in [1.165, 1.54) is 22.8 Å². The van der Waals surface area contributed by atoms with Crippen molar-refractivity contribution in [2.45, 2.75) is 44.9 Å². The molecule has 5 rings (SSSR count). The Morgan fingerprint density at radius 3 is 2.86 bits per heavy atom. The zero-order chi connectivity index (χ0) is 20.1. The van der Waals surface area contributed by atoms with E-state index < -0.39 is 0 Å². The highest BCUT2D eigenvalue weighted by Gasteiger charge is 2.25. The van der Waals surface area contributed by atoms with Gasteiger partial charge in [0.1, 0.15) is 12.1 Å². The van der Waals surface area contributed by atoms with E-state index in [9.17, 15) is 4.79 Å². The normalized spacial score (nSPS) is 17.1. The zero-order valence-corrected chi connectivity index (χ0v) is 16.9. The summed E-state index contributed by atoms with van der Waals surface area (Å²) < 4.78 is 7.30. The van der Waals surface area contributed by atoms with E-state index in [1.807, 2.05) is 12.3 Å². The quantitative estimate of drug-likeness (QED) is 0.543. The Morgan fingerprint density at radius 2 is 2.14 bits per heavy atom. The van der Waals surface area contributed by atoms with Gasteiger partial charge in [0.2, 0.25) is 0 Å². The first kappa shape index (κ1) is 17.9. The van der Waals surface area contributed by atoms with Crippen LogP contribution in [0.2, 0.25) is 0 Å². The maximum atomic E-state index is 11.8. The van der Waals surface area contributed by atoms with Crippen molar-refractivity contribution in [3.8, 4) is 17.0 Å². The number of hydrogen-bond acceptors (Lipinski definition) is 4. The van der Waals surface area contributed by atoms with Crippen LogP contribution in [0.1, 0.15) is 56.1 Å². The van der Waals surface area contributed by atoms with E-state index in [2.05, 4.69) is 47.1 Å². The van der Waals surface area contributed by atoms with Gasteiger partial charge in [0, 0.05) is 35.5 Å². The first-order valence-electron chi connectivity index (χ1n) is 10.1. The lowest BCUT2D eigenvalue weighted by atomic mass is 9.92. The fraction of sp³-hybridized carbons (Fsp3) is 0.348. The second kappa shape index (κ2) is 6.72. The minimum absolute atomic E-state index is 0.330. The van der Waals surface area contributed by atoms with Crippen molar-refractivity contribution >= 4 is 22.3 Å². The molecule has 1 aliphatic carbocycles. The van der Waals surface area contributed by atoms with E-state index in [-0.39, 0.29) is 0 Å². The van der Waals surface area contributed by atoms with Gasteiger partial charge in [0.15, 0.2) is 11.4 Å². The van der Waals surface area contributed by atoms with Gasteiger partial charge in [0.05, 0.1) is 12.8 Å². The molecule has 0 saturated heterocycles. The molecule has 0 radical (unpaired) electrons. The Bertz CT molecular complexity index is 1230. The second-order valence-corrected chi connectivity index (χ2v) is 8.18. The van der Waals surface area contributed by atoms with Crippen molar-refractivity contribution in [2.24, 2.45) is 0 Å². The van der Waals surface area contributed by atoms with Crippen molar-refractivity contribution in [3.63, 3.8) is 0 Å². The van der Waals surface area contributed by atoms with Crippen LogP contribution in [0.5, 0.6) is 5.75 Å². The highest BCUT2D eigenvalue weighted by Crippen LogP contribution is 2.40. The minimum Gasteiger partial charge on any atom is -0.493 e. The lowest BCUT2D eigenvalue weighted by molar-refractivity contribution is -0.117. The summed E-state index contributed by atoms with van der Waals surface area (Å²) in [5.74, 6) is 1.74. The van der Waals surface area contributed by atoms with Crippen LogP contribution in [-0.2, 0) is 4.79 Å². The van der Waals surface area contributed by atoms with Crippen LogP contribution in [-0.4, -0.2) is 32.5 Å². The van der Waals surface area contributed by atoms with E-state index in [4.69, 9.17) is 4.74 Å². The predicted molar refractivity (Wildman–Crippen MR) is 113 cm³/mol. The van der Waals surface area contributed by atoms with Crippen LogP contribution >= 0.6 is 0 Å². The number of fused-ring (bicyclic) bond motifs is 2. The number of Topliss-reactive ketones (excluding diaryl/α,β-unsaturated/α-hetero) is 1. The largest absolute Gasteiger partial charge is 0.493 e. The monoisotopic (exact) mass is 388 g/mol. The van der Waals surface area contributed by atoms with Crippen LogP contribution in [0, 0.1) is 0 Å². The molecule has 1 unspecified atom stereocenters. The third-order valence-corrected chi connectivity index (χ3v) is 6.01. The summed E-state index contributed by atoms with van der Waals surface area (Å²) in [4.78, 5) is 19.7.